The average molecular weight is 495 g/mol. The highest BCUT2D eigenvalue weighted by Crippen LogP contribution is 2.38. The van der Waals surface area contributed by atoms with Gasteiger partial charge in [0.15, 0.2) is 11.6 Å². The van der Waals surface area contributed by atoms with Crippen LogP contribution in [0.4, 0.5) is 13.2 Å². The summed E-state index contributed by atoms with van der Waals surface area (Å²) in [6.45, 7) is 0. The lowest BCUT2D eigenvalue weighted by atomic mass is 10.1. The predicted octanol–water partition coefficient (Wildman–Crippen LogP) is 5.38. The first-order chi connectivity index (χ1) is 16.9. The summed E-state index contributed by atoms with van der Waals surface area (Å²) >= 11 is 1.28. The first-order valence-electron chi connectivity index (χ1n) is 10.2. The third-order valence-corrected chi connectivity index (χ3v) is 6.04. The standard InChI is InChI=1S/C23H16F3N7OS/c1-33-21(17-4-2-3-11-27-17)31-19(14-5-7-15(8-6-14)20-29-13-30-32-20)22(33)35-18-10-9-16(12-28-18)34-23(24,25)26/h2-13H,1H3,(H,29,30,32). The van der Waals surface area contributed by atoms with Crippen LogP contribution in [0.3, 0.4) is 0 Å². The van der Waals surface area contributed by atoms with Crippen molar-refractivity contribution in [3.8, 4) is 39.9 Å². The van der Waals surface area contributed by atoms with Crippen LogP contribution < -0.4 is 4.74 Å². The Balaban J connectivity index is 1.52. The Hall–Kier alpha value is -4.19. The van der Waals surface area contributed by atoms with E-state index in [0.29, 0.717) is 28.1 Å². The molecule has 0 atom stereocenters. The number of hydrogen-bond acceptors (Lipinski definition) is 7. The monoisotopic (exact) mass is 495 g/mol. The van der Waals surface area contributed by atoms with Crippen LogP contribution in [-0.4, -0.2) is 41.1 Å². The molecule has 12 heteroatoms. The highest BCUT2D eigenvalue weighted by atomic mass is 32.2. The number of ether oxygens (including phenoxy) is 1. The molecule has 4 aromatic heterocycles. The summed E-state index contributed by atoms with van der Waals surface area (Å²) in [5, 5.41) is 7.93. The van der Waals surface area contributed by atoms with Gasteiger partial charge in [0, 0.05) is 24.4 Å². The molecule has 0 aliphatic carbocycles. The summed E-state index contributed by atoms with van der Waals surface area (Å²) in [4.78, 5) is 17.5. The largest absolute Gasteiger partial charge is 0.573 e. The van der Waals surface area contributed by atoms with Crippen molar-refractivity contribution in [3.63, 3.8) is 0 Å². The smallest absolute Gasteiger partial charge is 0.404 e. The molecule has 0 aliphatic rings. The second-order valence-electron chi connectivity index (χ2n) is 7.26. The number of nitrogens with one attached hydrogen (secondary N) is 1. The van der Waals surface area contributed by atoms with Gasteiger partial charge in [0.2, 0.25) is 0 Å². The van der Waals surface area contributed by atoms with E-state index in [4.69, 9.17) is 4.98 Å². The summed E-state index contributed by atoms with van der Waals surface area (Å²) in [6.07, 6.45) is -0.615. The zero-order valence-electron chi connectivity index (χ0n) is 18.1. The summed E-state index contributed by atoms with van der Waals surface area (Å²) in [7, 11) is 1.85. The summed E-state index contributed by atoms with van der Waals surface area (Å²) < 4.78 is 43.2. The van der Waals surface area contributed by atoms with Crippen molar-refractivity contribution in [2.24, 2.45) is 7.05 Å². The number of aromatic nitrogens is 7. The quantitative estimate of drug-likeness (QED) is 0.338. The fourth-order valence-electron chi connectivity index (χ4n) is 3.36. The third-order valence-electron chi connectivity index (χ3n) is 4.93. The van der Waals surface area contributed by atoms with Crippen LogP contribution in [0.2, 0.25) is 0 Å². The molecular formula is C23H16F3N7OS. The zero-order chi connectivity index (χ0) is 24.4. The van der Waals surface area contributed by atoms with E-state index in [1.54, 1.807) is 6.20 Å². The number of alkyl halides is 3. The van der Waals surface area contributed by atoms with Gasteiger partial charge >= 0.3 is 6.36 Å². The lowest BCUT2D eigenvalue weighted by Gasteiger charge is -2.10. The van der Waals surface area contributed by atoms with E-state index in [0.717, 1.165) is 22.3 Å². The van der Waals surface area contributed by atoms with E-state index in [9.17, 15) is 13.2 Å². The Morgan fingerprint density at radius 1 is 0.943 bits per heavy atom. The number of aromatic amines is 1. The highest BCUT2D eigenvalue weighted by molar-refractivity contribution is 7.99. The molecule has 0 amide bonds. The van der Waals surface area contributed by atoms with Crippen molar-refractivity contribution in [1.82, 2.24) is 34.7 Å². The Labute approximate surface area is 201 Å². The van der Waals surface area contributed by atoms with Gasteiger partial charge in [-0.15, -0.1) is 13.2 Å². The lowest BCUT2D eigenvalue weighted by molar-refractivity contribution is -0.274. The molecule has 5 aromatic rings. The molecule has 35 heavy (non-hydrogen) atoms. The van der Waals surface area contributed by atoms with Crippen LogP contribution in [0.5, 0.6) is 5.75 Å². The van der Waals surface area contributed by atoms with Crippen LogP contribution in [0.25, 0.3) is 34.2 Å². The van der Waals surface area contributed by atoms with Crippen LogP contribution in [-0.2, 0) is 7.05 Å². The average Bonchev–Trinajstić information content (AvgIpc) is 3.49. The van der Waals surface area contributed by atoms with E-state index in [2.05, 4.69) is 29.9 Å². The summed E-state index contributed by atoms with van der Waals surface area (Å²) in [5.74, 6) is 0.899. The van der Waals surface area contributed by atoms with Crippen molar-refractivity contribution >= 4 is 11.8 Å². The van der Waals surface area contributed by atoms with Crippen molar-refractivity contribution in [2.75, 3.05) is 0 Å². The van der Waals surface area contributed by atoms with Gasteiger partial charge in [-0.1, -0.05) is 30.3 Å². The van der Waals surface area contributed by atoms with Crippen LogP contribution in [0, 0.1) is 0 Å². The van der Waals surface area contributed by atoms with Gasteiger partial charge in [0.1, 0.15) is 33.5 Å². The molecule has 0 bridgehead atoms. The minimum absolute atomic E-state index is 0.385. The van der Waals surface area contributed by atoms with Crippen LogP contribution in [0.1, 0.15) is 0 Å². The molecule has 0 saturated carbocycles. The van der Waals surface area contributed by atoms with Crippen molar-refractivity contribution in [1.29, 1.82) is 0 Å². The molecule has 0 fully saturated rings. The van der Waals surface area contributed by atoms with E-state index in [-0.39, 0.29) is 5.75 Å². The van der Waals surface area contributed by atoms with Gasteiger partial charge in [-0.3, -0.25) is 10.1 Å². The number of pyridine rings is 2. The summed E-state index contributed by atoms with van der Waals surface area (Å²) in [5.41, 5.74) is 3.07. The molecule has 0 unspecified atom stereocenters. The first kappa shape index (κ1) is 22.6. The molecular weight excluding hydrogens is 479 g/mol. The number of imidazole rings is 1. The zero-order valence-corrected chi connectivity index (χ0v) is 18.9. The second-order valence-corrected chi connectivity index (χ2v) is 8.27. The molecule has 0 saturated heterocycles. The topological polar surface area (TPSA) is 94.4 Å². The maximum Gasteiger partial charge on any atom is 0.573 e. The minimum Gasteiger partial charge on any atom is -0.404 e. The molecule has 4 heterocycles. The fraction of sp³-hybridized carbons (Fsp3) is 0.0870. The van der Waals surface area contributed by atoms with Gasteiger partial charge in [0.05, 0.1) is 6.20 Å². The van der Waals surface area contributed by atoms with Gasteiger partial charge < -0.3 is 9.30 Å². The van der Waals surface area contributed by atoms with Gasteiger partial charge in [-0.25, -0.2) is 15.0 Å². The second kappa shape index (κ2) is 9.22. The number of rotatable bonds is 6. The normalized spacial score (nSPS) is 11.5. The Morgan fingerprint density at radius 3 is 2.37 bits per heavy atom. The molecule has 0 spiro atoms. The number of benzene rings is 1. The van der Waals surface area contributed by atoms with Crippen molar-refractivity contribution in [2.45, 2.75) is 16.4 Å². The molecule has 0 aliphatic heterocycles. The lowest BCUT2D eigenvalue weighted by Crippen LogP contribution is -2.17. The number of nitrogens with zero attached hydrogens (tertiary/aromatic N) is 6. The van der Waals surface area contributed by atoms with E-state index >= 15 is 0 Å². The Morgan fingerprint density at radius 2 is 1.74 bits per heavy atom. The molecule has 0 radical (unpaired) electrons. The molecule has 5 rings (SSSR count). The minimum atomic E-state index is -4.78. The number of halogens is 3. The molecule has 1 N–H and O–H groups in total. The van der Waals surface area contributed by atoms with Crippen LogP contribution in [0.15, 0.2) is 83.4 Å². The van der Waals surface area contributed by atoms with Gasteiger partial charge in [-0.2, -0.15) is 5.10 Å². The number of H-pyrrole nitrogens is 1. The van der Waals surface area contributed by atoms with Gasteiger partial charge in [0.25, 0.3) is 0 Å². The Bertz CT molecular complexity index is 1420. The molecule has 8 nitrogen and oxygen atoms in total. The van der Waals surface area contributed by atoms with Gasteiger partial charge in [-0.05, 0) is 36.0 Å². The van der Waals surface area contributed by atoms with E-state index < -0.39 is 6.36 Å². The summed E-state index contributed by atoms with van der Waals surface area (Å²) in [6, 6.07) is 15.9. The fourth-order valence-corrected chi connectivity index (χ4v) is 4.29. The third kappa shape index (κ3) is 5.01. The van der Waals surface area contributed by atoms with Crippen molar-refractivity contribution in [3.05, 3.63) is 73.3 Å². The first-order valence-corrected chi connectivity index (χ1v) is 11.0. The molecule has 1 aromatic carbocycles. The van der Waals surface area contributed by atoms with E-state index in [1.165, 1.54) is 30.2 Å². The SMILES string of the molecule is Cn1c(-c2ccccn2)nc(-c2ccc(-c3ncn[nH]3)cc2)c1Sc1ccc(OC(F)(F)F)cn1. The van der Waals surface area contributed by atoms with E-state index in [1.807, 2.05) is 54.1 Å². The highest BCUT2D eigenvalue weighted by Gasteiger charge is 2.31. The van der Waals surface area contributed by atoms with Crippen LogP contribution >= 0.6 is 11.8 Å². The number of hydrogen-bond donors (Lipinski definition) is 1. The van der Waals surface area contributed by atoms with Crippen molar-refractivity contribution < 1.29 is 17.9 Å². The maximum atomic E-state index is 12.5. The Kier molecular flexibility index (Phi) is 5.95. The predicted molar refractivity (Wildman–Crippen MR) is 122 cm³/mol. The maximum absolute atomic E-state index is 12.5. The molecule has 176 valence electrons.